The molecule has 0 saturated heterocycles. The zero-order valence-corrected chi connectivity index (χ0v) is 15.8. The minimum absolute atomic E-state index is 0.0501. The summed E-state index contributed by atoms with van der Waals surface area (Å²) < 4.78 is 6.89. The predicted molar refractivity (Wildman–Crippen MR) is 111 cm³/mol. The molecule has 2 aromatic carbocycles. The Balaban J connectivity index is 1.37. The van der Waals surface area contributed by atoms with Crippen LogP contribution >= 0.6 is 0 Å². The first-order valence-electron chi connectivity index (χ1n) is 9.46. The van der Waals surface area contributed by atoms with Crippen molar-refractivity contribution in [3.63, 3.8) is 0 Å². The molecule has 0 fully saturated rings. The Bertz CT molecular complexity index is 1250. The summed E-state index contributed by atoms with van der Waals surface area (Å²) in [5, 5.41) is 16.2. The first-order valence-corrected chi connectivity index (χ1v) is 9.46. The molecule has 2 aromatic heterocycles. The smallest absolute Gasteiger partial charge is 0.412 e. The van der Waals surface area contributed by atoms with Gasteiger partial charge in [0.15, 0.2) is 5.82 Å². The Morgan fingerprint density at radius 1 is 0.967 bits per heavy atom. The van der Waals surface area contributed by atoms with Crippen molar-refractivity contribution in [1.29, 1.82) is 0 Å². The Morgan fingerprint density at radius 3 is 2.27 bits per heavy atom. The van der Waals surface area contributed by atoms with Crippen LogP contribution in [0.3, 0.4) is 0 Å². The number of pyridine rings is 1. The molecule has 2 N–H and O–H groups in total. The fraction of sp³-hybridized carbons (Fsp3) is 0.0870. The highest BCUT2D eigenvalue weighted by atomic mass is 16.5. The number of carbonyl (C=O) groups is 2. The number of aromatic carboxylic acids is 1. The largest absolute Gasteiger partial charge is 0.477 e. The molecule has 148 valence electrons. The number of hydrogen-bond acceptors (Lipinski definition) is 4. The van der Waals surface area contributed by atoms with Crippen LogP contribution in [0.1, 0.15) is 27.4 Å². The summed E-state index contributed by atoms with van der Waals surface area (Å²) in [6.07, 6.45) is 0.868. The minimum Gasteiger partial charge on any atom is -0.477 e. The maximum atomic E-state index is 12.5. The fourth-order valence-corrected chi connectivity index (χ4v) is 4.03. The number of anilines is 1. The van der Waals surface area contributed by atoms with E-state index in [1.807, 2.05) is 36.4 Å². The molecule has 1 aliphatic rings. The summed E-state index contributed by atoms with van der Waals surface area (Å²) in [5.74, 6) is -1.31. The average molecular weight is 399 g/mol. The third-order valence-corrected chi connectivity index (χ3v) is 5.32. The van der Waals surface area contributed by atoms with Gasteiger partial charge in [-0.2, -0.15) is 0 Å². The lowest BCUT2D eigenvalue weighted by atomic mass is 9.98. The van der Waals surface area contributed by atoms with E-state index < -0.39 is 12.1 Å². The molecule has 0 radical (unpaired) electrons. The Labute approximate surface area is 171 Å². The van der Waals surface area contributed by atoms with Gasteiger partial charge in [-0.05, 0) is 34.4 Å². The van der Waals surface area contributed by atoms with Crippen LogP contribution in [-0.4, -0.2) is 33.4 Å². The van der Waals surface area contributed by atoms with E-state index in [0.29, 0.717) is 5.52 Å². The first-order chi connectivity index (χ1) is 14.6. The van der Waals surface area contributed by atoms with E-state index in [1.54, 1.807) is 24.4 Å². The van der Waals surface area contributed by atoms with Gasteiger partial charge in [0.1, 0.15) is 12.2 Å². The maximum Gasteiger partial charge on any atom is 0.412 e. The quantitative estimate of drug-likeness (QED) is 0.531. The molecule has 1 aliphatic carbocycles. The summed E-state index contributed by atoms with van der Waals surface area (Å²) >= 11 is 0. The van der Waals surface area contributed by atoms with E-state index in [0.717, 1.165) is 22.3 Å². The van der Waals surface area contributed by atoms with Gasteiger partial charge in [0.25, 0.3) is 0 Å². The molecule has 0 spiro atoms. The second kappa shape index (κ2) is 7.04. The zero-order chi connectivity index (χ0) is 20.7. The summed E-state index contributed by atoms with van der Waals surface area (Å²) in [7, 11) is 0. The van der Waals surface area contributed by atoms with Gasteiger partial charge in [-0.25, -0.2) is 14.1 Å². The van der Waals surface area contributed by atoms with E-state index in [1.165, 1.54) is 4.52 Å². The van der Waals surface area contributed by atoms with Crippen molar-refractivity contribution in [2.24, 2.45) is 0 Å². The Hall–Kier alpha value is -4.13. The number of ether oxygens (including phenoxy) is 1. The third-order valence-electron chi connectivity index (χ3n) is 5.32. The number of carbonyl (C=O) groups excluding carboxylic acids is 1. The molecular formula is C23H17N3O4. The first kappa shape index (κ1) is 17.9. The highest BCUT2D eigenvalue weighted by Gasteiger charge is 2.29. The van der Waals surface area contributed by atoms with Gasteiger partial charge < -0.3 is 9.84 Å². The van der Waals surface area contributed by atoms with Crippen LogP contribution < -0.4 is 5.32 Å². The van der Waals surface area contributed by atoms with Crippen molar-refractivity contribution in [3.8, 4) is 11.1 Å². The molecule has 0 unspecified atom stereocenters. The molecule has 5 rings (SSSR count). The van der Waals surface area contributed by atoms with Gasteiger partial charge in [0, 0.05) is 12.1 Å². The summed E-state index contributed by atoms with van der Waals surface area (Å²) in [4.78, 5) is 24.1. The van der Waals surface area contributed by atoms with E-state index in [2.05, 4.69) is 22.5 Å². The number of amides is 1. The zero-order valence-electron chi connectivity index (χ0n) is 15.8. The minimum atomic E-state index is -1.18. The third kappa shape index (κ3) is 2.88. The maximum absolute atomic E-state index is 12.5. The number of fused-ring (bicyclic) bond motifs is 4. The Kier molecular flexibility index (Phi) is 4.21. The molecule has 7 nitrogen and oxygen atoms in total. The summed E-state index contributed by atoms with van der Waals surface area (Å²) in [6, 6.07) is 21.2. The number of nitrogens with one attached hydrogen (secondary N) is 1. The lowest BCUT2D eigenvalue weighted by molar-refractivity contribution is 0.0700. The van der Waals surface area contributed by atoms with Gasteiger partial charge in [-0.3, -0.25) is 5.32 Å². The van der Waals surface area contributed by atoms with Gasteiger partial charge in [-0.15, -0.1) is 5.10 Å². The summed E-state index contributed by atoms with van der Waals surface area (Å²) in [6.45, 7) is 0.135. The van der Waals surface area contributed by atoms with Crippen LogP contribution in [-0.2, 0) is 4.74 Å². The van der Waals surface area contributed by atoms with Crippen LogP contribution in [0.25, 0.3) is 16.6 Å². The number of carboxylic acid groups (broad SMARTS) is 1. The van der Waals surface area contributed by atoms with Crippen molar-refractivity contribution in [2.75, 3.05) is 11.9 Å². The number of rotatable bonds is 4. The number of nitrogens with zero attached hydrogens (tertiary/aromatic N) is 2. The molecule has 4 aromatic rings. The second-order valence-electron chi connectivity index (χ2n) is 7.01. The van der Waals surface area contributed by atoms with Crippen LogP contribution in [0.4, 0.5) is 10.6 Å². The van der Waals surface area contributed by atoms with Crippen molar-refractivity contribution >= 4 is 23.4 Å². The molecule has 7 heteroatoms. The lowest BCUT2D eigenvalue weighted by Gasteiger charge is -2.14. The van der Waals surface area contributed by atoms with E-state index in [-0.39, 0.29) is 23.9 Å². The Morgan fingerprint density at radius 2 is 1.60 bits per heavy atom. The van der Waals surface area contributed by atoms with Crippen LogP contribution in [0, 0.1) is 0 Å². The molecule has 0 aliphatic heterocycles. The number of carboxylic acids is 1. The van der Waals surface area contributed by atoms with Gasteiger partial charge in [0.05, 0.1) is 5.52 Å². The molecule has 0 bridgehead atoms. The van der Waals surface area contributed by atoms with Gasteiger partial charge >= 0.3 is 12.1 Å². The summed E-state index contributed by atoms with van der Waals surface area (Å²) in [5.41, 5.74) is 4.78. The van der Waals surface area contributed by atoms with Crippen molar-refractivity contribution < 1.29 is 19.4 Å². The molecule has 1 amide bonds. The highest BCUT2D eigenvalue weighted by Crippen LogP contribution is 2.44. The van der Waals surface area contributed by atoms with Crippen molar-refractivity contribution in [3.05, 3.63) is 89.6 Å². The van der Waals surface area contributed by atoms with Crippen molar-refractivity contribution in [2.45, 2.75) is 5.92 Å². The average Bonchev–Trinajstić information content (AvgIpc) is 3.27. The molecule has 0 atom stereocenters. The monoisotopic (exact) mass is 399 g/mol. The SMILES string of the molecule is O=C(Nc1nn2ccccc2c1C(=O)O)OCC1c2ccccc2-c2ccccc21. The number of aromatic nitrogens is 2. The van der Waals surface area contributed by atoms with Gasteiger partial charge in [-0.1, -0.05) is 54.6 Å². The number of hydrogen-bond donors (Lipinski definition) is 2. The van der Waals surface area contributed by atoms with Crippen LogP contribution in [0.5, 0.6) is 0 Å². The normalized spacial score (nSPS) is 12.4. The van der Waals surface area contributed by atoms with E-state index in [4.69, 9.17) is 4.74 Å². The fourth-order valence-electron chi connectivity index (χ4n) is 4.03. The molecular weight excluding hydrogens is 382 g/mol. The lowest BCUT2D eigenvalue weighted by Crippen LogP contribution is -2.19. The highest BCUT2D eigenvalue weighted by molar-refractivity contribution is 6.03. The van der Waals surface area contributed by atoms with E-state index in [9.17, 15) is 14.7 Å². The van der Waals surface area contributed by atoms with Crippen LogP contribution in [0.2, 0.25) is 0 Å². The van der Waals surface area contributed by atoms with E-state index >= 15 is 0 Å². The van der Waals surface area contributed by atoms with Gasteiger partial charge in [0.2, 0.25) is 0 Å². The van der Waals surface area contributed by atoms with Crippen LogP contribution in [0.15, 0.2) is 72.9 Å². The molecule has 2 heterocycles. The standard InChI is InChI=1S/C23H17N3O4/c27-22(28)20-19-11-5-6-12-26(19)25-21(20)24-23(29)30-13-18-16-9-3-1-7-14(16)15-8-2-4-10-17(15)18/h1-12,18H,13H2,(H,27,28)(H,24,25,29). The second-order valence-corrected chi connectivity index (χ2v) is 7.01. The number of benzene rings is 2. The predicted octanol–water partition coefficient (Wildman–Crippen LogP) is 4.39. The molecule has 30 heavy (non-hydrogen) atoms. The van der Waals surface area contributed by atoms with Crippen molar-refractivity contribution in [1.82, 2.24) is 9.61 Å². The molecule has 0 saturated carbocycles. The topological polar surface area (TPSA) is 92.9 Å².